The van der Waals surface area contributed by atoms with Crippen LogP contribution in [0.4, 0.5) is 17.1 Å². The molecule has 9 aromatic carbocycles. The minimum Gasteiger partial charge on any atom is -0.309 e. The normalized spacial score (nSPS) is 12.6. The number of hydrogen-bond donors (Lipinski definition) is 0. The number of para-hydroxylation sites is 2. The predicted octanol–water partition coefficient (Wildman–Crippen LogP) is 15.3. The number of rotatable bonds is 8. The first kappa shape index (κ1) is 36.6. The van der Waals surface area contributed by atoms with E-state index in [-0.39, 0.29) is 0 Å². The molecule has 63 heavy (non-hydrogen) atoms. The predicted molar refractivity (Wildman–Crippen MR) is 261 cm³/mol. The Balaban J connectivity index is 0.989. The van der Waals surface area contributed by atoms with Crippen LogP contribution in [0.15, 0.2) is 249 Å². The van der Waals surface area contributed by atoms with Crippen LogP contribution in [0.2, 0.25) is 0 Å². The lowest BCUT2D eigenvalue weighted by Crippen LogP contribution is -2.29. The fourth-order valence-electron chi connectivity index (χ4n) is 10.3. The van der Waals surface area contributed by atoms with Gasteiger partial charge in [-0.3, -0.25) is 4.98 Å². The van der Waals surface area contributed by atoms with Crippen LogP contribution >= 0.6 is 0 Å². The van der Waals surface area contributed by atoms with Crippen LogP contribution < -0.4 is 4.90 Å². The maximum absolute atomic E-state index is 4.42. The molecule has 296 valence electrons. The van der Waals surface area contributed by atoms with E-state index in [0.717, 1.165) is 22.6 Å². The van der Waals surface area contributed by atoms with Gasteiger partial charge in [0.25, 0.3) is 0 Å². The number of pyridine rings is 1. The summed E-state index contributed by atoms with van der Waals surface area (Å²) >= 11 is 0. The van der Waals surface area contributed by atoms with E-state index in [2.05, 4.69) is 239 Å². The zero-order valence-electron chi connectivity index (χ0n) is 34.5. The molecule has 3 nitrogen and oxygen atoms in total. The summed E-state index contributed by atoms with van der Waals surface area (Å²) in [6, 6.07) is 86.3. The van der Waals surface area contributed by atoms with Crippen LogP contribution in [0, 0.1) is 0 Å². The van der Waals surface area contributed by atoms with E-state index in [4.69, 9.17) is 0 Å². The second kappa shape index (κ2) is 15.0. The zero-order chi connectivity index (χ0) is 41.7. The van der Waals surface area contributed by atoms with Gasteiger partial charge >= 0.3 is 0 Å². The molecule has 11 aromatic rings. The molecular formula is C60H41N3. The molecule has 0 bridgehead atoms. The first-order valence-electron chi connectivity index (χ1n) is 21.6. The molecule has 0 N–H and O–H groups in total. The van der Waals surface area contributed by atoms with Crippen LogP contribution in [-0.2, 0) is 5.41 Å². The van der Waals surface area contributed by atoms with Gasteiger partial charge in [-0.1, -0.05) is 170 Å². The van der Waals surface area contributed by atoms with Gasteiger partial charge < -0.3 is 9.47 Å². The van der Waals surface area contributed by atoms with Gasteiger partial charge in [-0.2, -0.15) is 0 Å². The second-order valence-corrected chi connectivity index (χ2v) is 16.3. The molecule has 0 saturated carbocycles. The highest BCUT2D eigenvalue weighted by molar-refractivity contribution is 6.11. The minimum atomic E-state index is -0.528. The zero-order valence-corrected chi connectivity index (χ0v) is 34.5. The molecule has 2 aromatic heterocycles. The van der Waals surface area contributed by atoms with E-state index < -0.39 is 5.41 Å². The molecule has 1 aliphatic carbocycles. The Morgan fingerprint density at radius 1 is 0.381 bits per heavy atom. The summed E-state index contributed by atoms with van der Waals surface area (Å²) in [6.45, 7) is 0. The Morgan fingerprint density at radius 2 is 0.952 bits per heavy atom. The fraction of sp³-hybridized carbons (Fsp3) is 0.0167. The highest BCUT2D eigenvalue weighted by Crippen LogP contribution is 2.58. The van der Waals surface area contributed by atoms with E-state index in [1.165, 1.54) is 77.6 Å². The molecule has 0 atom stereocenters. The van der Waals surface area contributed by atoms with Crippen LogP contribution in [0.3, 0.4) is 0 Å². The minimum absolute atomic E-state index is 0.528. The van der Waals surface area contributed by atoms with Gasteiger partial charge in [0.05, 0.1) is 34.0 Å². The van der Waals surface area contributed by atoms with Crippen molar-refractivity contribution in [3.05, 3.63) is 271 Å². The standard InChI is InChI=1S/C60H41N3/c1-4-19-46(20-5-1)60(47-21-6-2-7-22-47)55-29-12-10-26-51(55)53-28-15-31-58(59(53)60)63-56-30-13-11-27-52(56)54-40-45(34-37-57(54)63)44-18-14-17-43(39-44)42-32-35-49(36-33-42)62(48-23-8-3-9-24-48)50-25-16-38-61-41-50/h1-41H. The fourth-order valence-corrected chi connectivity index (χ4v) is 10.3. The molecule has 0 spiro atoms. The number of hydrogen-bond acceptors (Lipinski definition) is 2. The summed E-state index contributed by atoms with van der Waals surface area (Å²) in [5, 5.41) is 2.46. The maximum Gasteiger partial charge on any atom is 0.0734 e. The monoisotopic (exact) mass is 803 g/mol. The van der Waals surface area contributed by atoms with Gasteiger partial charge in [-0.05, 0) is 117 Å². The first-order chi connectivity index (χ1) is 31.3. The van der Waals surface area contributed by atoms with E-state index in [1.54, 1.807) is 0 Å². The average molecular weight is 804 g/mol. The van der Waals surface area contributed by atoms with Crippen molar-refractivity contribution in [3.63, 3.8) is 0 Å². The van der Waals surface area contributed by atoms with Gasteiger partial charge in [0.2, 0.25) is 0 Å². The van der Waals surface area contributed by atoms with E-state index in [9.17, 15) is 0 Å². The van der Waals surface area contributed by atoms with E-state index >= 15 is 0 Å². The van der Waals surface area contributed by atoms with Crippen molar-refractivity contribution < 1.29 is 0 Å². The van der Waals surface area contributed by atoms with Crippen molar-refractivity contribution >= 4 is 38.9 Å². The number of aromatic nitrogens is 2. The molecule has 0 saturated heterocycles. The van der Waals surface area contributed by atoms with Gasteiger partial charge in [0.15, 0.2) is 0 Å². The summed E-state index contributed by atoms with van der Waals surface area (Å²) in [7, 11) is 0. The highest BCUT2D eigenvalue weighted by Gasteiger charge is 2.48. The van der Waals surface area contributed by atoms with Crippen LogP contribution in [0.1, 0.15) is 22.3 Å². The molecule has 0 radical (unpaired) electrons. The maximum atomic E-state index is 4.42. The SMILES string of the molecule is c1ccc(N(c2ccc(-c3cccc(-c4ccc5c(c4)c4ccccc4n5-c4cccc5c4C(c4ccccc4)(c4ccccc4)c4ccccc4-5)c3)cc2)c2cccnc2)cc1. The van der Waals surface area contributed by atoms with Crippen molar-refractivity contribution in [2.24, 2.45) is 0 Å². The molecule has 12 rings (SSSR count). The highest BCUT2D eigenvalue weighted by atomic mass is 15.1. The summed E-state index contributed by atoms with van der Waals surface area (Å²) in [5.41, 5.74) is 18.6. The lowest BCUT2D eigenvalue weighted by molar-refractivity contribution is 0.762. The molecule has 1 aliphatic rings. The van der Waals surface area contributed by atoms with Crippen LogP contribution in [0.5, 0.6) is 0 Å². The van der Waals surface area contributed by atoms with Crippen molar-refractivity contribution in [2.45, 2.75) is 5.41 Å². The van der Waals surface area contributed by atoms with E-state index in [0.29, 0.717) is 0 Å². The van der Waals surface area contributed by atoms with Crippen LogP contribution in [-0.4, -0.2) is 9.55 Å². The van der Waals surface area contributed by atoms with Gasteiger partial charge in [-0.25, -0.2) is 0 Å². The van der Waals surface area contributed by atoms with Gasteiger partial charge in [0.1, 0.15) is 0 Å². The quantitative estimate of drug-likeness (QED) is 0.153. The molecule has 0 amide bonds. The molecule has 0 aliphatic heterocycles. The number of nitrogens with zero attached hydrogens (tertiary/aromatic N) is 3. The largest absolute Gasteiger partial charge is 0.309 e. The van der Waals surface area contributed by atoms with Crippen molar-refractivity contribution in [1.82, 2.24) is 9.55 Å². The number of benzene rings is 9. The topological polar surface area (TPSA) is 21.1 Å². The number of fused-ring (bicyclic) bond motifs is 6. The summed E-state index contributed by atoms with van der Waals surface area (Å²) in [4.78, 5) is 6.66. The lowest BCUT2D eigenvalue weighted by atomic mass is 9.67. The van der Waals surface area contributed by atoms with Crippen molar-refractivity contribution in [2.75, 3.05) is 4.90 Å². The first-order valence-corrected chi connectivity index (χ1v) is 21.6. The third-order valence-electron chi connectivity index (χ3n) is 12.9. The van der Waals surface area contributed by atoms with E-state index in [1.807, 2.05) is 24.5 Å². The Labute approximate surface area is 367 Å². The lowest BCUT2D eigenvalue weighted by Gasteiger charge is -2.35. The molecule has 0 unspecified atom stereocenters. The Bertz CT molecular complexity index is 3350. The molecule has 0 fully saturated rings. The van der Waals surface area contributed by atoms with Crippen LogP contribution in [0.25, 0.3) is 60.9 Å². The van der Waals surface area contributed by atoms with Gasteiger partial charge in [-0.15, -0.1) is 0 Å². The Morgan fingerprint density at radius 3 is 1.70 bits per heavy atom. The van der Waals surface area contributed by atoms with Crippen molar-refractivity contribution in [3.8, 4) is 39.1 Å². The number of anilines is 3. The summed E-state index contributed by atoms with van der Waals surface area (Å²) < 4.78 is 2.52. The molecule has 3 heteroatoms. The third kappa shape index (κ3) is 5.85. The summed E-state index contributed by atoms with van der Waals surface area (Å²) in [6.07, 6.45) is 3.72. The van der Waals surface area contributed by atoms with Crippen molar-refractivity contribution in [1.29, 1.82) is 0 Å². The Hall–Kier alpha value is -8.27. The van der Waals surface area contributed by atoms with Gasteiger partial charge in [0, 0.05) is 33.9 Å². The summed E-state index contributed by atoms with van der Waals surface area (Å²) in [5.74, 6) is 0. The molecule has 2 heterocycles. The molecular weight excluding hydrogens is 763 g/mol. The second-order valence-electron chi connectivity index (χ2n) is 16.3. The average Bonchev–Trinajstić information content (AvgIpc) is 3.86. The Kier molecular flexibility index (Phi) is 8.72. The third-order valence-corrected chi connectivity index (χ3v) is 12.9. The smallest absolute Gasteiger partial charge is 0.0734 e.